The molecule has 134 valence electrons. The molecule has 2 aromatic carbocycles. The van der Waals surface area contributed by atoms with Crippen molar-refractivity contribution in [3.63, 3.8) is 0 Å². The number of hydrogen-bond donors (Lipinski definition) is 1. The van der Waals surface area contributed by atoms with Crippen molar-refractivity contribution in [1.82, 2.24) is 0 Å². The first-order valence-corrected chi connectivity index (χ1v) is 8.60. The molecule has 0 amide bonds. The second-order valence-electron chi connectivity index (χ2n) is 6.00. The lowest BCUT2D eigenvalue weighted by Crippen LogP contribution is -2.87. The summed E-state index contributed by atoms with van der Waals surface area (Å²) in [5.74, 6) is 3.09. The Labute approximate surface area is 148 Å². The van der Waals surface area contributed by atoms with E-state index >= 15 is 0 Å². The van der Waals surface area contributed by atoms with Gasteiger partial charge in [0, 0.05) is 17.5 Å². The fraction of sp³-hybridized carbons (Fsp3) is 0.400. The molecule has 25 heavy (non-hydrogen) atoms. The summed E-state index contributed by atoms with van der Waals surface area (Å²) in [6, 6.07) is 10.5. The minimum atomic E-state index is 0.202. The fourth-order valence-electron chi connectivity index (χ4n) is 3.45. The second kappa shape index (κ2) is 7.66. The molecule has 5 heteroatoms. The molecule has 1 heterocycles. The van der Waals surface area contributed by atoms with Crippen LogP contribution >= 0.6 is 0 Å². The maximum atomic E-state index is 5.73. The Morgan fingerprint density at radius 3 is 2.32 bits per heavy atom. The van der Waals surface area contributed by atoms with E-state index in [2.05, 4.69) is 29.6 Å². The molecule has 2 N–H and O–H groups in total. The number of benzene rings is 2. The SMILES string of the molecule is CCOc1cc2c(cc1OC)C(c1ccc(OC)c(OC)c1)[NH2+]CC2. The van der Waals surface area contributed by atoms with E-state index in [1.54, 1.807) is 21.3 Å². The van der Waals surface area contributed by atoms with E-state index in [1.807, 2.05) is 13.0 Å². The topological polar surface area (TPSA) is 53.5 Å². The van der Waals surface area contributed by atoms with Crippen LogP contribution in [0.15, 0.2) is 30.3 Å². The summed E-state index contributed by atoms with van der Waals surface area (Å²) >= 11 is 0. The molecule has 3 rings (SSSR count). The second-order valence-corrected chi connectivity index (χ2v) is 6.00. The van der Waals surface area contributed by atoms with Crippen LogP contribution in [0.1, 0.15) is 29.7 Å². The van der Waals surface area contributed by atoms with Gasteiger partial charge in [-0.3, -0.25) is 0 Å². The molecule has 0 fully saturated rings. The van der Waals surface area contributed by atoms with Crippen LogP contribution in [0.3, 0.4) is 0 Å². The first-order chi connectivity index (χ1) is 12.2. The van der Waals surface area contributed by atoms with Gasteiger partial charge >= 0.3 is 0 Å². The molecule has 5 nitrogen and oxygen atoms in total. The van der Waals surface area contributed by atoms with Crippen molar-refractivity contribution in [3.8, 4) is 23.0 Å². The van der Waals surface area contributed by atoms with Gasteiger partial charge in [-0.2, -0.15) is 0 Å². The van der Waals surface area contributed by atoms with E-state index in [9.17, 15) is 0 Å². The molecule has 0 saturated carbocycles. The Kier molecular flexibility index (Phi) is 5.34. The average Bonchev–Trinajstić information content (AvgIpc) is 2.66. The smallest absolute Gasteiger partial charge is 0.161 e. The van der Waals surface area contributed by atoms with E-state index in [0.29, 0.717) is 6.61 Å². The third kappa shape index (κ3) is 3.37. The van der Waals surface area contributed by atoms with Crippen LogP contribution in [-0.2, 0) is 6.42 Å². The predicted molar refractivity (Wildman–Crippen MR) is 96.0 cm³/mol. The van der Waals surface area contributed by atoms with Crippen molar-refractivity contribution in [1.29, 1.82) is 0 Å². The summed E-state index contributed by atoms with van der Waals surface area (Å²) in [7, 11) is 5.00. The van der Waals surface area contributed by atoms with Gasteiger partial charge in [0.2, 0.25) is 0 Å². The molecule has 0 spiro atoms. The highest BCUT2D eigenvalue weighted by molar-refractivity contribution is 5.52. The molecule has 1 atom stereocenters. The highest BCUT2D eigenvalue weighted by Crippen LogP contribution is 2.37. The van der Waals surface area contributed by atoms with Gasteiger partial charge in [-0.25, -0.2) is 0 Å². The summed E-state index contributed by atoms with van der Waals surface area (Å²) in [4.78, 5) is 0. The zero-order valence-electron chi connectivity index (χ0n) is 15.3. The number of rotatable bonds is 6. The van der Waals surface area contributed by atoms with Gasteiger partial charge in [0.1, 0.15) is 6.04 Å². The van der Waals surface area contributed by atoms with E-state index in [-0.39, 0.29) is 6.04 Å². The van der Waals surface area contributed by atoms with E-state index in [0.717, 1.165) is 36.0 Å². The maximum Gasteiger partial charge on any atom is 0.161 e. The third-order valence-electron chi connectivity index (χ3n) is 4.64. The quantitative estimate of drug-likeness (QED) is 0.874. The average molecular weight is 344 g/mol. The largest absolute Gasteiger partial charge is 0.493 e. The monoisotopic (exact) mass is 344 g/mol. The minimum absolute atomic E-state index is 0.202. The number of methoxy groups -OCH3 is 3. The van der Waals surface area contributed by atoms with Gasteiger partial charge in [0.25, 0.3) is 0 Å². The van der Waals surface area contributed by atoms with E-state index < -0.39 is 0 Å². The number of quaternary nitrogens is 1. The van der Waals surface area contributed by atoms with Crippen LogP contribution in [0, 0.1) is 0 Å². The van der Waals surface area contributed by atoms with Crippen molar-refractivity contribution in [2.24, 2.45) is 0 Å². The summed E-state index contributed by atoms with van der Waals surface area (Å²) in [5.41, 5.74) is 3.76. The summed E-state index contributed by atoms with van der Waals surface area (Å²) < 4.78 is 22.1. The molecule has 0 aliphatic carbocycles. The summed E-state index contributed by atoms with van der Waals surface area (Å²) in [5, 5.41) is 2.35. The lowest BCUT2D eigenvalue weighted by molar-refractivity contribution is -0.690. The highest BCUT2D eigenvalue weighted by atomic mass is 16.5. The van der Waals surface area contributed by atoms with Crippen molar-refractivity contribution < 1.29 is 24.3 Å². The molecule has 0 radical (unpaired) electrons. The molecule has 1 unspecified atom stereocenters. The van der Waals surface area contributed by atoms with Gasteiger partial charge in [-0.1, -0.05) is 0 Å². The van der Waals surface area contributed by atoms with Crippen LogP contribution in [0.5, 0.6) is 23.0 Å². The highest BCUT2D eigenvalue weighted by Gasteiger charge is 2.28. The molecule has 2 aromatic rings. The zero-order valence-corrected chi connectivity index (χ0v) is 15.3. The van der Waals surface area contributed by atoms with Gasteiger partial charge in [-0.15, -0.1) is 0 Å². The lowest BCUT2D eigenvalue weighted by Gasteiger charge is -2.26. The van der Waals surface area contributed by atoms with E-state index in [4.69, 9.17) is 18.9 Å². The standard InChI is InChI=1S/C20H25NO4/c1-5-25-19-10-13-8-9-21-20(15(13)12-18(19)24-4)14-6-7-16(22-2)17(11-14)23-3/h6-7,10-12,20-21H,5,8-9H2,1-4H3/p+1. The Balaban J connectivity index is 2.04. The van der Waals surface area contributed by atoms with Crippen LogP contribution in [-0.4, -0.2) is 34.5 Å². The molecular weight excluding hydrogens is 318 g/mol. The van der Waals surface area contributed by atoms with Gasteiger partial charge < -0.3 is 24.3 Å². The zero-order chi connectivity index (χ0) is 17.8. The van der Waals surface area contributed by atoms with Gasteiger partial charge in [-0.05, 0) is 42.8 Å². The Morgan fingerprint density at radius 2 is 1.64 bits per heavy atom. The normalized spacial score (nSPS) is 16.1. The molecule has 1 aliphatic rings. The third-order valence-corrected chi connectivity index (χ3v) is 4.64. The Morgan fingerprint density at radius 1 is 0.920 bits per heavy atom. The van der Waals surface area contributed by atoms with Gasteiger partial charge in [0.05, 0.1) is 34.5 Å². The molecule has 0 aromatic heterocycles. The van der Waals surface area contributed by atoms with Crippen LogP contribution in [0.25, 0.3) is 0 Å². The predicted octanol–water partition coefficient (Wildman–Crippen LogP) is 2.32. The van der Waals surface area contributed by atoms with Crippen molar-refractivity contribution in [2.75, 3.05) is 34.5 Å². The van der Waals surface area contributed by atoms with Crippen molar-refractivity contribution in [3.05, 3.63) is 47.0 Å². The van der Waals surface area contributed by atoms with Crippen LogP contribution in [0.4, 0.5) is 0 Å². The van der Waals surface area contributed by atoms with Gasteiger partial charge in [0.15, 0.2) is 23.0 Å². The number of fused-ring (bicyclic) bond motifs is 1. The lowest BCUT2D eigenvalue weighted by atomic mass is 9.89. The molecule has 1 aliphatic heterocycles. The first-order valence-electron chi connectivity index (χ1n) is 8.60. The molecule has 0 saturated heterocycles. The van der Waals surface area contributed by atoms with E-state index in [1.165, 1.54) is 16.7 Å². The summed E-state index contributed by atoms with van der Waals surface area (Å²) in [6.45, 7) is 3.64. The van der Waals surface area contributed by atoms with Crippen LogP contribution < -0.4 is 24.3 Å². The Hall–Kier alpha value is -2.40. The maximum absolute atomic E-state index is 5.73. The molecular formula is C20H26NO4+. The number of ether oxygens (including phenoxy) is 4. The molecule has 0 bridgehead atoms. The summed E-state index contributed by atoms with van der Waals surface area (Å²) in [6.07, 6.45) is 1.02. The minimum Gasteiger partial charge on any atom is -0.493 e. The first kappa shape index (κ1) is 17.4. The fourth-order valence-corrected chi connectivity index (χ4v) is 3.45. The number of hydrogen-bond acceptors (Lipinski definition) is 4. The van der Waals surface area contributed by atoms with Crippen molar-refractivity contribution >= 4 is 0 Å². The Bertz CT molecular complexity index is 745. The number of nitrogens with two attached hydrogens (primary N) is 1. The van der Waals surface area contributed by atoms with Crippen LogP contribution in [0.2, 0.25) is 0 Å². The van der Waals surface area contributed by atoms with Crippen molar-refractivity contribution in [2.45, 2.75) is 19.4 Å².